The number of ketones is 6. The molecule has 28 nitrogen and oxygen atoms in total. The Bertz CT molecular complexity index is 3760. The summed E-state index contributed by atoms with van der Waals surface area (Å²) in [6, 6.07) is -2.28. The first-order valence-corrected chi connectivity index (χ1v) is 47.8. The van der Waals surface area contributed by atoms with Crippen LogP contribution >= 0.6 is 0 Å². The van der Waals surface area contributed by atoms with Crippen LogP contribution in [0.1, 0.15) is 251 Å². The minimum absolute atomic E-state index is 0.0193. The van der Waals surface area contributed by atoms with Crippen LogP contribution in [0.5, 0.6) is 0 Å². The zero-order valence-corrected chi connectivity index (χ0v) is 81.2. The molecule has 732 valence electrons. The number of fused-ring (bicyclic) bond motifs is 6. The van der Waals surface area contributed by atoms with Crippen LogP contribution in [0.3, 0.4) is 0 Å². The van der Waals surface area contributed by atoms with Crippen LogP contribution in [0.15, 0.2) is 95.2 Å². The predicted molar refractivity (Wildman–Crippen MR) is 490 cm³/mol. The van der Waals surface area contributed by atoms with Crippen molar-refractivity contribution in [2.24, 2.45) is 71.0 Å². The average Bonchev–Trinajstić information content (AvgIpc) is 0.774. The van der Waals surface area contributed by atoms with Crippen molar-refractivity contribution in [2.45, 2.75) is 360 Å². The molecule has 4 saturated heterocycles. The average molecular weight is 1830 g/mol. The monoisotopic (exact) mass is 1830 g/mol. The lowest BCUT2D eigenvalue weighted by Crippen LogP contribution is -2.61. The lowest BCUT2D eigenvalue weighted by molar-refractivity contribution is -0.265. The Morgan fingerprint density at radius 3 is 1.12 bits per heavy atom. The van der Waals surface area contributed by atoms with Gasteiger partial charge < -0.3 is 87.8 Å². The van der Waals surface area contributed by atoms with Crippen molar-refractivity contribution >= 4 is 58.5 Å². The molecule has 0 aromatic heterocycles. The second-order valence-corrected chi connectivity index (χ2v) is 39.2. The van der Waals surface area contributed by atoms with Gasteiger partial charge in [-0.2, -0.15) is 0 Å². The maximum absolute atomic E-state index is 14.4. The zero-order chi connectivity index (χ0) is 96.3. The third-order valence-electron chi connectivity index (χ3n) is 29.0. The number of hydrogen-bond acceptors (Lipinski definition) is 26. The third kappa shape index (κ3) is 30.1. The van der Waals surface area contributed by atoms with Crippen molar-refractivity contribution in [3.05, 3.63) is 95.2 Å². The molecule has 0 aromatic carbocycles. The SMILES string of the molecule is COC1CC2CC[C@@H](C)C(O)(O2)C(=O)C(=O)N2CCCCC2C(=O)OC(C(C)CC2CCC(O)C(OC)C2)CC(=O)C(C)/C=C(\C)C(O)C(OC)C(=O)[C@H](C)CC(C)/C=C/C=CC=C1C.COC1CC2CC[C@@H](C)C(O)(O2)C(=O)C(=O)N2CCCCC2C(=O)OC(C(C)CC2CCC(O)C(OC)C2)CC(=O)C(C)/C=C(\C)C(O)C(OC)C(=O)[C@H](C)CC(C)/C=C/C=CC=C1C. The van der Waals surface area contributed by atoms with E-state index in [1.54, 1.807) is 82.1 Å². The maximum Gasteiger partial charge on any atom is 0.329 e. The molecule has 8 aliphatic rings. The number of Topliss-reactive ketones (excluding diaryl/α,β-unsaturated/α-hetero) is 6. The Morgan fingerprint density at radius 1 is 0.423 bits per heavy atom. The van der Waals surface area contributed by atoms with Gasteiger partial charge in [0.2, 0.25) is 11.6 Å². The van der Waals surface area contributed by atoms with E-state index in [0.717, 1.165) is 24.0 Å². The summed E-state index contributed by atoms with van der Waals surface area (Å²) in [5.41, 5.74) is 2.53. The first-order chi connectivity index (χ1) is 61.5. The van der Waals surface area contributed by atoms with E-state index in [1.165, 1.54) is 24.0 Å². The molecule has 26 unspecified atom stereocenters. The van der Waals surface area contributed by atoms with E-state index < -0.39 is 168 Å². The second-order valence-electron chi connectivity index (χ2n) is 39.2. The Hall–Kier alpha value is -6.74. The van der Waals surface area contributed by atoms with Gasteiger partial charge in [-0.05, 0) is 214 Å². The van der Waals surface area contributed by atoms with Crippen molar-refractivity contribution in [3.63, 3.8) is 0 Å². The van der Waals surface area contributed by atoms with Crippen molar-refractivity contribution in [3.8, 4) is 0 Å². The standard InChI is InChI=1S/2C51H79NO13/c2*1-30-16-12-11-13-17-31(2)42(61-8)28-38-21-19-36(7)51(60,65-38)48(57)49(58)52-23-15-14-18-39(52)50(59)64-43(33(4)26-37-20-22-40(53)44(27-37)62-9)29-41(54)32(3)25-35(6)46(56)47(63-10)45(55)34(5)24-30/h2*11-13,16-17,25,30,32-34,36-40,42-44,46-47,53,56,60H,14-15,18-24,26-29H2,1-10H3/b2*13-11?,16-12+,31-17?,35-25+/t2*30?,32?,33?,34-,36-,37?,38?,39?,40?,42?,43?,44?,46?,47?,51?/m11/s1. The molecular weight excluding hydrogens is 1670 g/mol. The number of esters is 2. The van der Waals surface area contributed by atoms with E-state index in [9.17, 15) is 78.6 Å². The van der Waals surface area contributed by atoms with Gasteiger partial charge in [0, 0.05) is 117 Å². The Labute approximate surface area is 772 Å². The van der Waals surface area contributed by atoms with Gasteiger partial charge in [0.1, 0.15) is 60.3 Å². The van der Waals surface area contributed by atoms with Crippen LogP contribution in [0.2, 0.25) is 0 Å². The van der Waals surface area contributed by atoms with Gasteiger partial charge in [-0.3, -0.25) is 38.4 Å². The molecule has 4 bridgehead atoms. The zero-order valence-electron chi connectivity index (χ0n) is 81.2. The van der Waals surface area contributed by atoms with Crippen molar-refractivity contribution in [1.29, 1.82) is 0 Å². The fraction of sp³-hybridized carbons (Fsp3) is 0.745. The summed E-state index contributed by atoms with van der Waals surface area (Å²) in [6.07, 6.45) is 22.4. The van der Waals surface area contributed by atoms with Gasteiger partial charge in [-0.15, -0.1) is 0 Å². The number of allylic oxidation sites excluding steroid dienone is 12. The number of carbonyl (C=O) groups excluding carboxylic acids is 10. The molecule has 30 atom stereocenters. The van der Waals surface area contributed by atoms with Crippen LogP contribution < -0.4 is 0 Å². The molecule has 2 aliphatic carbocycles. The number of carbonyl (C=O) groups is 10. The van der Waals surface area contributed by atoms with Crippen LogP contribution in [0, 0.1) is 71.0 Å². The van der Waals surface area contributed by atoms with E-state index in [-0.39, 0.29) is 110 Å². The quantitative estimate of drug-likeness (QED) is 0.0600. The number of piperidine rings is 2. The normalized spacial score (nSPS) is 39.1. The van der Waals surface area contributed by atoms with E-state index in [0.29, 0.717) is 127 Å². The van der Waals surface area contributed by atoms with E-state index in [1.807, 2.05) is 116 Å². The van der Waals surface area contributed by atoms with Gasteiger partial charge in [0.05, 0.1) is 48.8 Å². The Morgan fingerprint density at radius 2 is 0.785 bits per heavy atom. The highest BCUT2D eigenvalue weighted by molar-refractivity contribution is 6.39. The molecule has 6 heterocycles. The summed E-state index contributed by atoms with van der Waals surface area (Å²) in [5, 5.41) is 67.7. The fourth-order valence-electron chi connectivity index (χ4n) is 20.2. The van der Waals surface area contributed by atoms with Crippen molar-refractivity contribution < 1.29 is 126 Å². The highest BCUT2D eigenvalue weighted by Crippen LogP contribution is 2.42. The smallest absolute Gasteiger partial charge is 0.329 e. The number of aliphatic hydroxyl groups is 6. The number of hydrogen-bond donors (Lipinski definition) is 6. The van der Waals surface area contributed by atoms with Crippen molar-refractivity contribution in [2.75, 3.05) is 55.7 Å². The number of ether oxygens (including phenoxy) is 10. The second kappa shape index (κ2) is 52.4. The van der Waals surface area contributed by atoms with Crippen molar-refractivity contribution in [1.82, 2.24) is 9.80 Å². The Balaban J connectivity index is 0.000000356. The summed E-state index contributed by atoms with van der Waals surface area (Å²) in [5.74, 6) is -15.9. The third-order valence-corrected chi connectivity index (χ3v) is 29.0. The Kier molecular flexibility index (Phi) is 44.4. The van der Waals surface area contributed by atoms with E-state index in [4.69, 9.17) is 47.4 Å². The summed E-state index contributed by atoms with van der Waals surface area (Å²) in [6.45, 7) is 25.5. The molecule has 6 aliphatic heterocycles. The summed E-state index contributed by atoms with van der Waals surface area (Å²) < 4.78 is 58.7. The predicted octanol–water partition coefficient (Wildman–Crippen LogP) is 12.4. The number of amides is 2. The van der Waals surface area contributed by atoms with Gasteiger partial charge in [-0.1, -0.05) is 142 Å². The van der Waals surface area contributed by atoms with Crippen LogP contribution in [0.4, 0.5) is 0 Å². The maximum atomic E-state index is 14.4. The number of methoxy groups -OCH3 is 6. The fourth-order valence-corrected chi connectivity index (χ4v) is 20.2. The molecule has 8 rings (SSSR count). The number of cyclic esters (lactones) is 2. The van der Waals surface area contributed by atoms with E-state index >= 15 is 0 Å². The molecule has 0 aromatic rings. The number of rotatable bonds is 12. The molecular formula is C102H158N2O26. The molecule has 2 saturated carbocycles. The number of nitrogens with zero attached hydrogens (tertiary/aromatic N) is 2. The highest BCUT2D eigenvalue weighted by Gasteiger charge is 2.56. The lowest BCUT2D eigenvalue weighted by Gasteiger charge is -2.42. The molecule has 6 fully saturated rings. The number of aliphatic hydroxyl groups excluding tert-OH is 4. The first kappa shape index (κ1) is 110. The molecule has 130 heavy (non-hydrogen) atoms. The highest BCUT2D eigenvalue weighted by atomic mass is 16.6. The molecule has 0 radical (unpaired) electrons. The summed E-state index contributed by atoms with van der Waals surface area (Å²) in [4.78, 5) is 144. The largest absolute Gasteiger partial charge is 0.460 e. The summed E-state index contributed by atoms with van der Waals surface area (Å²) in [7, 11) is 9.04. The van der Waals surface area contributed by atoms with E-state index in [2.05, 4.69) is 0 Å². The molecule has 2 amide bonds. The summed E-state index contributed by atoms with van der Waals surface area (Å²) >= 11 is 0. The minimum atomic E-state index is -2.43. The van der Waals surface area contributed by atoms with Gasteiger partial charge in [0.25, 0.3) is 23.4 Å². The molecule has 6 N–H and O–H groups in total. The van der Waals surface area contributed by atoms with Gasteiger partial charge in [0.15, 0.2) is 11.6 Å². The molecule has 28 heteroatoms. The van der Waals surface area contributed by atoms with Gasteiger partial charge in [-0.25, -0.2) is 9.59 Å². The topological polar surface area (TPSA) is 391 Å². The van der Waals surface area contributed by atoms with Crippen LogP contribution in [-0.2, 0) is 95.3 Å². The van der Waals surface area contributed by atoms with Crippen LogP contribution in [-0.4, -0.2) is 264 Å². The lowest BCUT2D eigenvalue weighted by atomic mass is 9.78. The first-order valence-electron chi connectivity index (χ1n) is 47.8. The minimum Gasteiger partial charge on any atom is -0.460 e. The molecule has 0 spiro atoms. The van der Waals surface area contributed by atoms with Gasteiger partial charge >= 0.3 is 11.9 Å². The van der Waals surface area contributed by atoms with Crippen LogP contribution in [0.25, 0.3) is 0 Å².